The molecule has 1 fully saturated rings. The second-order valence-corrected chi connectivity index (χ2v) is 3.67. The van der Waals surface area contributed by atoms with Gasteiger partial charge in [0.15, 0.2) is 0 Å². The number of aromatic nitrogens is 2. The van der Waals surface area contributed by atoms with Crippen molar-refractivity contribution < 1.29 is 5.11 Å². The molecule has 4 nitrogen and oxygen atoms in total. The van der Waals surface area contributed by atoms with E-state index >= 15 is 0 Å². The number of aromatic amines is 1. The summed E-state index contributed by atoms with van der Waals surface area (Å²) in [6.07, 6.45) is 2.56. The monoisotopic (exact) mass is 181 g/mol. The number of H-pyrrole nitrogens is 1. The number of hydrogen-bond donors (Lipinski definition) is 3. The number of nitrogens with one attached hydrogen (secondary N) is 2. The molecule has 0 radical (unpaired) electrons. The van der Waals surface area contributed by atoms with Crippen molar-refractivity contribution in [3.05, 3.63) is 17.5 Å². The average molecular weight is 181 g/mol. The van der Waals surface area contributed by atoms with Crippen molar-refractivity contribution in [1.82, 2.24) is 15.5 Å². The molecule has 4 heteroatoms. The van der Waals surface area contributed by atoms with Crippen molar-refractivity contribution in [3.8, 4) is 0 Å². The molecule has 1 aromatic heterocycles. The Morgan fingerprint density at radius 2 is 2.38 bits per heavy atom. The molecule has 0 saturated carbocycles. The Labute approximate surface area is 77.4 Å². The zero-order chi connectivity index (χ0) is 9.26. The van der Waals surface area contributed by atoms with Gasteiger partial charge in [0.25, 0.3) is 0 Å². The lowest BCUT2D eigenvalue weighted by Gasteiger charge is -2.26. The van der Waals surface area contributed by atoms with Crippen LogP contribution in [0.1, 0.15) is 23.6 Å². The maximum atomic E-state index is 9.48. The Morgan fingerprint density at radius 3 is 3.00 bits per heavy atom. The molecule has 0 aromatic carbocycles. The summed E-state index contributed by atoms with van der Waals surface area (Å²) < 4.78 is 0. The molecule has 2 heterocycles. The van der Waals surface area contributed by atoms with E-state index in [0.717, 1.165) is 18.7 Å². The summed E-state index contributed by atoms with van der Waals surface area (Å²) in [5.74, 6) is 0.405. The number of β-amino-alcohol motifs (C(OH)–C–C–N with tert-alkyl or cyclic N) is 1. The molecular formula is C9H15N3O. The van der Waals surface area contributed by atoms with Crippen LogP contribution in [0.5, 0.6) is 0 Å². The highest BCUT2D eigenvalue weighted by Crippen LogP contribution is 2.24. The van der Waals surface area contributed by atoms with Crippen molar-refractivity contribution in [3.63, 3.8) is 0 Å². The van der Waals surface area contributed by atoms with Crippen LogP contribution < -0.4 is 5.32 Å². The van der Waals surface area contributed by atoms with Gasteiger partial charge in [-0.2, -0.15) is 5.10 Å². The first-order valence-electron chi connectivity index (χ1n) is 4.66. The van der Waals surface area contributed by atoms with E-state index in [1.165, 1.54) is 5.56 Å². The lowest BCUT2D eigenvalue weighted by Crippen LogP contribution is -2.38. The van der Waals surface area contributed by atoms with E-state index in [4.69, 9.17) is 0 Å². The van der Waals surface area contributed by atoms with E-state index in [2.05, 4.69) is 15.5 Å². The van der Waals surface area contributed by atoms with Gasteiger partial charge in [0, 0.05) is 25.2 Å². The third kappa shape index (κ3) is 1.73. The zero-order valence-corrected chi connectivity index (χ0v) is 7.75. The summed E-state index contributed by atoms with van der Waals surface area (Å²) in [6, 6.07) is 0. The van der Waals surface area contributed by atoms with Crippen molar-refractivity contribution in [2.75, 3.05) is 13.1 Å². The summed E-state index contributed by atoms with van der Waals surface area (Å²) in [4.78, 5) is 0. The van der Waals surface area contributed by atoms with Gasteiger partial charge in [-0.15, -0.1) is 0 Å². The van der Waals surface area contributed by atoms with Gasteiger partial charge in [-0.25, -0.2) is 0 Å². The minimum absolute atomic E-state index is 0.215. The third-order valence-electron chi connectivity index (χ3n) is 2.64. The predicted octanol–water partition coefficient (Wildman–Crippen LogP) is 0.156. The lowest BCUT2D eigenvalue weighted by molar-refractivity contribution is 0.132. The fourth-order valence-corrected chi connectivity index (χ4v) is 1.94. The molecule has 13 heavy (non-hydrogen) atoms. The summed E-state index contributed by atoms with van der Waals surface area (Å²) >= 11 is 0. The average Bonchev–Trinajstić information content (AvgIpc) is 2.51. The predicted molar refractivity (Wildman–Crippen MR) is 49.6 cm³/mol. The van der Waals surface area contributed by atoms with Gasteiger partial charge in [0.2, 0.25) is 0 Å². The van der Waals surface area contributed by atoms with Crippen LogP contribution in [0, 0.1) is 6.92 Å². The highest BCUT2D eigenvalue weighted by Gasteiger charge is 2.23. The van der Waals surface area contributed by atoms with Crippen LogP contribution in [0.15, 0.2) is 6.20 Å². The van der Waals surface area contributed by atoms with Crippen LogP contribution in [0.2, 0.25) is 0 Å². The van der Waals surface area contributed by atoms with Crippen LogP contribution in [0.25, 0.3) is 0 Å². The first-order valence-corrected chi connectivity index (χ1v) is 4.66. The van der Waals surface area contributed by atoms with Crippen LogP contribution in [0.4, 0.5) is 0 Å². The van der Waals surface area contributed by atoms with Gasteiger partial charge in [-0.05, 0) is 18.9 Å². The summed E-state index contributed by atoms with van der Waals surface area (Å²) in [7, 11) is 0. The maximum absolute atomic E-state index is 9.48. The van der Waals surface area contributed by atoms with Crippen molar-refractivity contribution in [2.24, 2.45) is 0 Å². The Balaban J connectivity index is 2.12. The Bertz CT molecular complexity index is 284. The fourth-order valence-electron chi connectivity index (χ4n) is 1.94. The smallest absolute Gasteiger partial charge is 0.0670 e. The van der Waals surface area contributed by atoms with Crippen molar-refractivity contribution in [1.29, 1.82) is 0 Å². The summed E-state index contributed by atoms with van der Waals surface area (Å²) in [5.41, 5.74) is 2.27. The molecular weight excluding hydrogens is 166 g/mol. The van der Waals surface area contributed by atoms with Gasteiger partial charge in [0.05, 0.1) is 11.8 Å². The lowest BCUT2D eigenvalue weighted by atomic mass is 9.91. The van der Waals surface area contributed by atoms with Crippen LogP contribution in [-0.2, 0) is 0 Å². The quantitative estimate of drug-likeness (QED) is 0.578. The molecule has 0 bridgehead atoms. The molecule has 2 rings (SSSR count). The van der Waals surface area contributed by atoms with Gasteiger partial charge in [-0.1, -0.05) is 0 Å². The minimum atomic E-state index is -0.215. The SMILES string of the molecule is Cc1n[nH]cc1C1CNCC(O)C1. The normalized spacial score (nSPS) is 29.1. The topological polar surface area (TPSA) is 60.9 Å². The molecule has 0 spiro atoms. The van der Waals surface area contributed by atoms with Crippen LogP contribution in [-0.4, -0.2) is 34.5 Å². The van der Waals surface area contributed by atoms with E-state index < -0.39 is 0 Å². The molecule has 1 aliphatic heterocycles. The summed E-state index contributed by atoms with van der Waals surface area (Å²) in [5, 5.41) is 19.6. The van der Waals surface area contributed by atoms with E-state index in [-0.39, 0.29) is 6.10 Å². The number of hydrogen-bond acceptors (Lipinski definition) is 3. The highest BCUT2D eigenvalue weighted by molar-refractivity contribution is 5.21. The molecule has 3 N–H and O–H groups in total. The second-order valence-electron chi connectivity index (χ2n) is 3.67. The molecule has 0 aliphatic carbocycles. The Morgan fingerprint density at radius 1 is 1.54 bits per heavy atom. The van der Waals surface area contributed by atoms with Crippen molar-refractivity contribution >= 4 is 0 Å². The van der Waals surface area contributed by atoms with Gasteiger partial charge < -0.3 is 10.4 Å². The molecule has 1 aromatic rings. The Hall–Kier alpha value is -0.870. The van der Waals surface area contributed by atoms with E-state index in [1.54, 1.807) is 0 Å². The number of aliphatic hydroxyl groups is 1. The van der Waals surface area contributed by atoms with E-state index in [9.17, 15) is 5.11 Å². The van der Waals surface area contributed by atoms with Gasteiger partial charge >= 0.3 is 0 Å². The second kappa shape index (κ2) is 3.47. The van der Waals surface area contributed by atoms with E-state index in [0.29, 0.717) is 12.5 Å². The number of rotatable bonds is 1. The zero-order valence-electron chi connectivity index (χ0n) is 7.75. The minimum Gasteiger partial charge on any atom is -0.392 e. The standard InChI is InChI=1S/C9H15N3O/c1-6-9(5-11-12-6)7-2-8(13)4-10-3-7/h5,7-8,10,13H,2-4H2,1H3,(H,11,12). The fraction of sp³-hybridized carbons (Fsp3) is 0.667. The molecule has 1 aliphatic rings. The van der Waals surface area contributed by atoms with Crippen LogP contribution >= 0.6 is 0 Å². The number of nitrogens with zero attached hydrogens (tertiary/aromatic N) is 1. The molecule has 72 valence electrons. The largest absolute Gasteiger partial charge is 0.392 e. The molecule has 1 saturated heterocycles. The number of aliphatic hydroxyl groups excluding tert-OH is 1. The first kappa shape index (κ1) is 8.72. The highest BCUT2D eigenvalue weighted by atomic mass is 16.3. The first-order chi connectivity index (χ1) is 6.27. The maximum Gasteiger partial charge on any atom is 0.0670 e. The number of aryl methyl sites for hydroxylation is 1. The van der Waals surface area contributed by atoms with Crippen LogP contribution in [0.3, 0.4) is 0 Å². The van der Waals surface area contributed by atoms with Crippen molar-refractivity contribution in [2.45, 2.75) is 25.4 Å². The molecule has 2 unspecified atom stereocenters. The third-order valence-corrected chi connectivity index (χ3v) is 2.64. The summed E-state index contributed by atoms with van der Waals surface area (Å²) in [6.45, 7) is 3.65. The van der Waals surface area contributed by atoms with Gasteiger partial charge in [-0.3, -0.25) is 5.10 Å². The molecule has 2 atom stereocenters. The van der Waals surface area contributed by atoms with E-state index in [1.807, 2.05) is 13.1 Å². The van der Waals surface area contributed by atoms with Gasteiger partial charge in [0.1, 0.15) is 0 Å². The Kier molecular flexibility index (Phi) is 2.33. The number of piperidine rings is 1. The molecule has 0 amide bonds.